The van der Waals surface area contributed by atoms with E-state index in [9.17, 15) is 20.1 Å². The van der Waals surface area contributed by atoms with E-state index in [2.05, 4.69) is 0 Å². The van der Waals surface area contributed by atoms with Crippen LogP contribution in [0.15, 0.2) is 17.1 Å². The van der Waals surface area contributed by atoms with Crippen LogP contribution in [-0.4, -0.2) is 9.65 Å². The average Bonchev–Trinajstić information content (AvgIpc) is 2.00. The van der Waals surface area contributed by atoms with Crippen LogP contribution in [0.1, 0.15) is 5.56 Å². The van der Waals surface area contributed by atoms with Gasteiger partial charge >= 0.3 is 0 Å². The summed E-state index contributed by atoms with van der Waals surface area (Å²) in [4.78, 5) is 20.4. The molecule has 6 heteroatoms. The first-order valence-corrected chi connectivity index (χ1v) is 3.08. The highest BCUT2D eigenvalue weighted by atomic mass is 16.6. The molecular formula is C6H5N2O4-. The van der Waals surface area contributed by atoms with Crippen molar-refractivity contribution in [2.45, 2.75) is 6.92 Å². The van der Waals surface area contributed by atoms with Gasteiger partial charge in [-0.1, -0.05) is 0 Å². The van der Waals surface area contributed by atoms with Gasteiger partial charge in [0, 0.05) is 12.3 Å². The van der Waals surface area contributed by atoms with Gasteiger partial charge in [0.15, 0.2) is 0 Å². The summed E-state index contributed by atoms with van der Waals surface area (Å²) >= 11 is 0. The van der Waals surface area contributed by atoms with Crippen LogP contribution in [0.5, 0.6) is 0 Å². The standard InChI is InChI=1S/C6H5N2O4/c1-4-5(8(11)12)2-3-7(10)6(4)9/h2-3H,1H3/q-1. The zero-order chi connectivity index (χ0) is 9.30. The largest absolute Gasteiger partial charge is 0.803 e. The Labute approximate surface area is 66.8 Å². The Kier molecular flexibility index (Phi) is 1.82. The Hall–Kier alpha value is -1.85. The van der Waals surface area contributed by atoms with Gasteiger partial charge in [0.05, 0.1) is 10.5 Å². The Morgan fingerprint density at radius 3 is 2.67 bits per heavy atom. The SMILES string of the molecule is Cc1c([N+](=O)[O-])ccn([O-])c1=O. The molecule has 64 valence electrons. The highest BCUT2D eigenvalue weighted by Crippen LogP contribution is 2.11. The molecule has 0 aliphatic heterocycles. The molecule has 6 nitrogen and oxygen atoms in total. The minimum Gasteiger partial charge on any atom is -0.803 e. The van der Waals surface area contributed by atoms with E-state index in [0.717, 1.165) is 12.3 Å². The molecule has 0 saturated carbocycles. The maximum Gasteiger partial charge on any atom is 0.279 e. The quantitative estimate of drug-likeness (QED) is 0.449. The van der Waals surface area contributed by atoms with E-state index in [4.69, 9.17) is 0 Å². The van der Waals surface area contributed by atoms with Crippen LogP contribution >= 0.6 is 0 Å². The number of rotatable bonds is 1. The van der Waals surface area contributed by atoms with Gasteiger partial charge in [-0.05, 0) is 6.92 Å². The molecule has 0 radical (unpaired) electrons. The van der Waals surface area contributed by atoms with Crippen molar-refractivity contribution in [2.24, 2.45) is 0 Å². The lowest BCUT2D eigenvalue weighted by molar-refractivity contribution is -0.385. The molecule has 1 aromatic rings. The number of nitro groups is 1. The summed E-state index contributed by atoms with van der Waals surface area (Å²) in [6.07, 6.45) is 0.827. The normalized spacial score (nSPS) is 9.75. The minimum atomic E-state index is -0.885. The third kappa shape index (κ3) is 1.14. The van der Waals surface area contributed by atoms with E-state index < -0.39 is 10.5 Å². The van der Waals surface area contributed by atoms with E-state index in [1.54, 1.807) is 0 Å². The summed E-state index contributed by atoms with van der Waals surface area (Å²) in [5.74, 6) is 0. The monoisotopic (exact) mass is 169 g/mol. The van der Waals surface area contributed by atoms with Crippen molar-refractivity contribution < 1.29 is 4.92 Å². The van der Waals surface area contributed by atoms with Crippen molar-refractivity contribution >= 4 is 5.69 Å². The highest BCUT2D eigenvalue weighted by Gasteiger charge is 2.11. The van der Waals surface area contributed by atoms with Crippen LogP contribution in [-0.2, 0) is 0 Å². The summed E-state index contributed by atoms with van der Waals surface area (Å²) in [6.45, 7) is 1.24. The topological polar surface area (TPSA) is 88.2 Å². The average molecular weight is 169 g/mol. The third-order valence-electron chi connectivity index (χ3n) is 1.47. The van der Waals surface area contributed by atoms with Crippen LogP contribution in [0.4, 0.5) is 5.69 Å². The summed E-state index contributed by atoms with van der Waals surface area (Å²) < 4.78 is 0.0579. The Bertz CT molecular complexity index is 382. The summed E-state index contributed by atoms with van der Waals surface area (Å²) in [5, 5.41) is 20.8. The number of hydrogen-bond donors (Lipinski definition) is 0. The number of nitrogens with zero attached hydrogens (tertiary/aromatic N) is 2. The smallest absolute Gasteiger partial charge is 0.279 e. The Morgan fingerprint density at radius 1 is 1.58 bits per heavy atom. The summed E-state index contributed by atoms with van der Waals surface area (Å²) in [6, 6.07) is 1.00. The fourth-order valence-corrected chi connectivity index (χ4v) is 0.804. The van der Waals surface area contributed by atoms with Crippen LogP contribution in [0.25, 0.3) is 0 Å². The van der Waals surface area contributed by atoms with E-state index >= 15 is 0 Å². The lowest BCUT2D eigenvalue weighted by Crippen LogP contribution is -2.18. The predicted molar refractivity (Wildman–Crippen MR) is 40.9 cm³/mol. The molecule has 0 aliphatic carbocycles. The second-order valence-corrected chi connectivity index (χ2v) is 2.21. The molecular weight excluding hydrogens is 164 g/mol. The molecule has 0 amide bonds. The molecule has 0 unspecified atom stereocenters. The van der Waals surface area contributed by atoms with Crippen LogP contribution in [0.2, 0.25) is 0 Å². The second kappa shape index (κ2) is 2.65. The first-order chi connectivity index (χ1) is 5.54. The molecule has 1 heterocycles. The molecule has 0 bridgehead atoms. The van der Waals surface area contributed by atoms with Crippen molar-refractivity contribution in [1.29, 1.82) is 0 Å². The number of hydrogen-bond acceptors (Lipinski definition) is 4. The molecule has 1 aromatic heterocycles. The first-order valence-electron chi connectivity index (χ1n) is 3.08. The Balaban J connectivity index is 3.47. The molecule has 0 saturated heterocycles. The molecule has 1 rings (SSSR count). The van der Waals surface area contributed by atoms with Crippen molar-refractivity contribution in [3.05, 3.63) is 43.5 Å². The predicted octanol–water partition coefficient (Wildman–Crippen LogP) is 0.411. The number of aromatic nitrogens is 1. The first kappa shape index (κ1) is 8.25. The van der Waals surface area contributed by atoms with E-state index in [0.29, 0.717) is 0 Å². The van der Waals surface area contributed by atoms with Gasteiger partial charge in [-0.25, -0.2) is 0 Å². The zero-order valence-corrected chi connectivity index (χ0v) is 6.18. The molecule has 12 heavy (non-hydrogen) atoms. The van der Waals surface area contributed by atoms with E-state index in [-0.39, 0.29) is 16.0 Å². The fraction of sp³-hybridized carbons (Fsp3) is 0.167. The van der Waals surface area contributed by atoms with Crippen LogP contribution < -0.4 is 5.56 Å². The molecule has 0 fully saturated rings. The van der Waals surface area contributed by atoms with E-state index in [1.807, 2.05) is 0 Å². The van der Waals surface area contributed by atoms with Crippen LogP contribution in [0.3, 0.4) is 0 Å². The summed E-state index contributed by atoms with van der Waals surface area (Å²) in [5.41, 5.74) is -1.35. The van der Waals surface area contributed by atoms with Crippen molar-refractivity contribution in [3.8, 4) is 0 Å². The van der Waals surface area contributed by atoms with Crippen molar-refractivity contribution in [3.63, 3.8) is 0 Å². The maximum atomic E-state index is 10.8. The van der Waals surface area contributed by atoms with Crippen LogP contribution in [0, 0.1) is 22.2 Å². The lowest BCUT2D eigenvalue weighted by atomic mass is 10.2. The Morgan fingerprint density at radius 2 is 2.17 bits per heavy atom. The zero-order valence-electron chi connectivity index (χ0n) is 6.18. The summed E-state index contributed by atoms with van der Waals surface area (Å²) in [7, 11) is 0. The van der Waals surface area contributed by atoms with Crippen molar-refractivity contribution in [2.75, 3.05) is 0 Å². The molecule has 0 atom stereocenters. The van der Waals surface area contributed by atoms with Gasteiger partial charge in [-0.2, -0.15) is 0 Å². The van der Waals surface area contributed by atoms with E-state index in [1.165, 1.54) is 6.92 Å². The minimum absolute atomic E-state index is 0.0579. The van der Waals surface area contributed by atoms with Gasteiger partial charge in [-0.15, -0.1) is 0 Å². The molecule has 0 aliphatic rings. The molecule has 0 aromatic carbocycles. The lowest BCUT2D eigenvalue weighted by Gasteiger charge is -2.07. The molecule has 0 N–H and O–H groups in total. The second-order valence-electron chi connectivity index (χ2n) is 2.21. The fourth-order valence-electron chi connectivity index (χ4n) is 0.804. The van der Waals surface area contributed by atoms with Gasteiger partial charge in [-0.3, -0.25) is 14.9 Å². The molecule has 0 spiro atoms. The highest BCUT2D eigenvalue weighted by molar-refractivity contribution is 5.36. The third-order valence-corrected chi connectivity index (χ3v) is 1.47. The van der Waals surface area contributed by atoms with Gasteiger partial charge in [0.1, 0.15) is 0 Å². The van der Waals surface area contributed by atoms with Crippen molar-refractivity contribution in [1.82, 2.24) is 4.73 Å². The van der Waals surface area contributed by atoms with Gasteiger partial charge in [0.2, 0.25) is 0 Å². The maximum absolute atomic E-state index is 10.8. The number of pyridine rings is 1. The van der Waals surface area contributed by atoms with Gasteiger partial charge < -0.3 is 9.94 Å². The van der Waals surface area contributed by atoms with Gasteiger partial charge in [0.25, 0.3) is 11.2 Å².